The van der Waals surface area contributed by atoms with Gasteiger partial charge in [-0.05, 0) is 57.0 Å². The third-order valence-electron chi connectivity index (χ3n) is 3.89. The average molecular weight is 275 g/mol. The number of nitriles is 1. The lowest BCUT2D eigenvalue weighted by Gasteiger charge is -2.28. The van der Waals surface area contributed by atoms with Crippen molar-refractivity contribution in [2.75, 3.05) is 25.0 Å². The fourth-order valence-electron chi connectivity index (χ4n) is 2.84. The van der Waals surface area contributed by atoms with Crippen LogP contribution in [0.3, 0.4) is 0 Å². The van der Waals surface area contributed by atoms with Crippen LogP contribution in [-0.4, -0.2) is 30.1 Å². The van der Waals surface area contributed by atoms with E-state index in [2.05, 4.69) is 23.2 Å². The molecule has 0 saturated carbocycles. The van der Waals surface area contributed by atoms with Gasteiger partial charge in [0, 0.05) is 12.2 Å². The molecule has 0 bridgehead atoms. The number of rotatable bonds is 4. The lowest BCUT2D eigenvalue weighted by Crippen LogP contribution is -2.38. The highest BCUT2D eigenvalue weighted by atomic mass is 19.1. The Kier molecular flexibility index (Phi) is 4.97. The molecule has 3 nitrogen and oxygen atoms in total. The van der Waals surface area contributed by atoms with Gasteiger partial charge in [0.2, 0.25) is 0 Å². The molecule has 2 rings (SSSR count). The van der Waals surface area contributed by atoms with Gasteiger partial charge in [-0.15, -0.1) is 0 Å². The lowest BCUT2D eigenvalue weighted by atomic mass is 9.92. The van der Waals surface area contributed by atoms with E-state index in [-0.39, 0.29) is 5.82 Å². The highest BCUT2D eigenvalue weighted by Gasteiger charge is 2.32. The normalized spacial score (nSPS) is 23.9. The molecule has 1 unspecified atom stereocenters. The first-order valence-corrected chi connectivity index (χ1v) is 7.35. The van der Waals surface area contributed by atoms with Crippen molar-refractivity contribution in [2.45, 2.75) is 38.1 Å². The number of anilines is 1. The van der Waals surface area contributed by atoms with Crippen LogP contribution < -0.4 is 5.32 Å². The monoisotopic (exact) mass is 275 g/mol. The molecule has 108 valence electrons. The van der Waals surface area contributed by atoms with Crippen LogP contribution in [0.5, 0.6) is 0 Å². The molecule has 0 aromatic heterocycles. The molecule has 4 heteroatoms. The molecule has 1 aliphatic heterocycles. The summed E-state index contributed by atoms with van der Waals surface area (Å²) in [6, 6.07) is 8.78. The van der Waals surface area contributed by atoms with Crippen LogP contribution in [0, 0.1) is 17.1 Å². The molecule has 20 heavy (non-hydrogen) atoms. The average Bonchev–Trinajstić information content (AvgIpc) is 2.63. The number of nitrogens with one attached hydrogen (secondary N) is 1. The molecule has 1 fully saturated rings. The summed E-state index contributed by atoms with van der Waals surface area (Å²) < 4.78 is 13.3. The number of likely N-dealkylation sites (tertiary alicyclic amines) is 1. The van der Waals surface area contributed by atoms with Crippen molar-refractivity contribution in [3.63, 3.8) is 0 Å². The third kappa shape index (κ3) is 3.71. The Balaban J connectivity index is 2.08. The summed E-state index contributed by atoms with van der Waals surface area (Å²) in [5.41, 5.74) is 0.117. The van der Waals surface area contributed by atoms with Gasteiger partial charge in [0.15, 0.2) is 0 Å². The van der Waals surface area contributed by atoms with Crippen LogP contribution >= 0.6 is 0 Å². The zero-order valence-corrected chi connectivity index (χ0v) is 12.0. The number of nitrogens with zero attached hydrogens (tertiary/aromatic N) is 2. The number of benzene rings is 1. The Labute approximate surface area is 120 Å². The van der Waals surface area contributed by atoms with Gasteiger partial charge >= 0.3 is 0 Å². The lowest BCUT2D eigenvalue weighted by molar-refractivity contribution is 0.283. The molecule has 1 aromatic rings. The highest BCUT2D eigenvalue weighted by Crippen LogP contribution is 2.27. The maximum Gasteiger partial charge on any atom is 0.126 e. The highest BCUT2D eigenvalue weighted by molar-refractivity contribution is 5.48. The summed E-state index contributed by atoms with van der Waals surface area (Å²) >= 11 is 0. The summed E-state index contributed by atoms with van der Waals surface area (Å²) in [6.07, 6.45) is 3.72. The third-order valence-corrected chi connectivity index (χ3v) is 3.89. The summed E-state index contributed by atoms with van der Waals surface area (Å²) in [6.45, 7) is 5.22. The summed E-state index contributed by atoms with van der Waals surface area (Å²) in [4.78, 5) is 2.41. The van der Waals surface area contributed by atoms with Gasteiger partial charge in [-0.25, -0.2) is 4.39 Å². The van der Waals surface area contributed by atoms with E-state index < -0.39 is 5.54 Å². The Hall–Kier alpha value is -1.60. The zero-order chi connectivity index (χ0) is 14.4. The molecule has 1 heterocycles. The SMILES string of the molecule is CCCN1CCCC(C#N)(Nc2cccc(F)c2)CC1. The predicted octanol–water partition coefficient (Wildman–Crippen LogP) is 3.40. The minimum atomic E-state index is -0.573. The topological polar surface area (TPSA) is 39.1 Å². The Morgan fingerprint density at radius 2 is 2.25 bits per heavy atom. The molecule has 1 saturated heterocycles. The van der Waals surface area contributed by atoms with Crippen molar-refractivity contribution in [1.29, 1.82) is 5.26 Å². The van der Waals surface area contributed by atoms with Crippen molar-refractivity contribution >= 4 is 5.69 Å². The predicted molar refractivity (Wildman–Crippen MR) is 78.9 cm³/mol. The summed E-state index contributed by atoms with van der Waals surface area (Å²) in [7, 11) is 0. The minimum absolute atomic E-state index is 0.274. The van der Waals surface area contributed by atoms with E-state index in [1.807, 2.05) is 6.07 Å². The smallest absolute Gasteiger partial charge is 0.126 e. The molecule has 1 aromatic carbocycles. The second-order valence-corrected chi connectivity index (χ2v) is 5.52. The molecule has 1 atom stereocenters. The van der Waals surface area contributed by atoms with E-state index in [9.17, 15) is 9.65 Å². The quantitative estimate of drug-likeness (QED) is 0.915. The van der Waals surface area contributed by atoms with Crippen molar-refractivity contribution < 1.29 is 4.39 Å². The van der Waals surface area contributed by atoms with Gasteiger partial charge in [0.25, 0.3) is 0 Å². The molecule has 1 N–H and O–H groups in total. The summed E-state index contributed by atoms with van der Waals surface area (Å²) in [5.74, 6) is -0.274. The first-order valence-electron chi connectivity index (χ1n) is 7.35. The molecule has 0 aliphatic carbocycles. The van der Waals surface area contributed by atoms with Crippen molar-refractivity contribution in [3.8, 4) is 6.07 Å². The van der Waals surface area contributed by atoms with E-state index in [0.717, 1.165) is 45.3 Å². The Morgan fingerprint density at radius 1 is 1.40 bits per heavy atom. The number of hydrogen-bond acceptors (Lipinski definition) is 3. The van der Waals surface area contributed by atoms with E-state index in [0.29, 0.717) is 5.69 Å². The van der Waals surface area contributed by atoms with Gasteiger partial charge in [0.1, 0.15) is 11.4 Å². The van der Waals surface area contributed by atoms with Crippen LogP contribution in [0.15, 0.2) is 24.3 Å². The van der Waals surface area contributed by atoms with Gasteiger partial charge in [-0.2, -0.15) is 5.26 Å². The van der Waals surface area contributed by atoms with Crippen molar-refractivity contribution in [2.24, 2.45) is 0 Å². The molecule has 0 amide bonds. The van der Waals surface area contributed by atoms with E-state index in [1.165, 1.54) is 12.1 Å². The Morgan fingerprint density at radius 3 is 2.95 bits per heavy atom. The molecule has 1 aliphatic rings. The standard InChI is InChI=1S/C16H22FN3/c1-2-9-20-10-4-7-16(13-18,8-11-20)19-15-6-3-5-14(17)12-15/h3,5-6,12,19H,2,4,7-11H2,1H3. The second kappa shape index (κ2) is 6.71. The molecule has 0 radical (unpaired) electrons. The van der Waals surface area contributed by atoms with E-state index >= 15 is 0 Å². The Bertz CT molecular complexity index is 483. The van der Waals surface area contributed by atoms with Gasteiger partial charge in [-0.1, -0.05) is 13.0 Å². The first kappa shape index (κ1) is 14.8. The molecule has 0 spiro atoms. The number of hydrogen-bond donors (Lipinski definition) is 1. The zero-order valence-electron chi connectivity index (χ0n) is 12.0. The first-order chi connectivity index (χ1) is 9.67. The van der Waals surface area contributed by atoms with Crippen LogP contribution in [-0.2, 0) is 0 Å². The largest absolute Gasteiger partial charge is 0.367 e. The summed E-state index contributed by atoms with van der Waals surface area (Å²) in [5, 5.41) is 12.8. The second-order valence-electron chi connectivity index (χ2n) is 5.52. The maximum atomic E-state index is 13.3. The van der Waals surface area contributed by atoms with Gasteiger partial charge < -0.3 is 10.2 Å². The van der Waals surface area contributed by atoms with Crippen LogP contribution in [0.2, 0.25) is 0 Å². The van der Waals surface area contributed by atoms with E-state index in [4.69, 9.17) is 0 Å². The fourth-order valence-corrected chi connectivity index (χ4v) is 2.84. The van der Waals surface area contributed by atoms with Gasteiger partial charge in [-0.3, -0.25) is 0 Å². The molecular weight excluding hydrogens is 253 g/mol. The van der Waals surface area contributed by atoms with Crippen LogP contribution in [0.4, 0.5) is 10.1 Å². The van der Waals surface area contributed by atoms with Crippen LogP contribution in [0.25, 0.3) is 0 Å². The van der Waals surface area contributed by atoms with Crippen molar-refractivity contribution in [3.05, 3.63) is 30.1 Å². The number of halogens is 1. The fraction of sp³-hybridized carbons (Fsp3) is 0.562. The van der Waals surface area contributed by atoms with Crippen molar-refractivity contribution in [1.82, 2.24) is 4.90 Å². The van der Waals surface area contributed by atoms with Crippen LogP contribution in [0.1, 0.15) is 32.6 Å². The van der Waals surface area contributed by atoms with E-state index in [1.54, 1.807) is 6.07 Å². The van der Waals surface area contributed by atoms with Gasteiger partial charge in [0.05, 0.1) is 6.07 Å². The maximum absolute atomic E-state index is 13.3. The minimum Gasteiger partial charge on any atom is -0.367 e. The molecular formula is C16H22FN3.